The Morgan fingerprint density at radius 2 is 1.83 bits per heavy atom. The number of carbonyl (C=O) groups excluding carboxylic acids is 1. The first-order chi connectivity index (χ1) is 11.5. The van der Waals surface area contributed by atoms with Crippen molar-refractivity contribution >= 4 is 23.5 Å². The summed E-state index contributed by atoms with van der Waals surface area (Å²) in [5.74, 6) is 1.08. The van der Waals surface area contributed by atoms with E-state index in [-0.39, 0.29) is 17.2 Å². The maximum absolute atomic E-state index is 13.1. The summed E-state index contributed by atoms with van der Waals surface area (Å²) in [7, 11) is 0. The van der Waals surface area contributed by atoms with Crippen molar-refractivity contribution in [2.24, 2.45) is 0 Å². The zero-order chi connectivity index (χ0) is 17.1. The lowest BCUT2D eigenvalue weighted by Gasteiger charge is -2.24. The normalized spacial score (nSPS) is 17.3. The van der Waals surface area contributed by atoms with Crippen LogP contribution in [0.2, 0.25) is 0 Å². The van der Waals surface area contributed by atoms with Crippen molar-refractivity contribution < 1.29 is 9.18 Å². The van der Waals surface area contributed by atoms with E-state index in [1.807, 2.05) is 24.3 Å². The van der Waals surface area contributed by atoms with E-state index < -0.39 is 0 Å². The maximum Gasteiger partial charge on any atom is 0.323 e. The summed E-state index contributed by atoms with van der Waals surface area (Å²) in [6, 6.07) is 14.2. The molecule has 1 atom stereocenters. The van der Waals surface area contributed by atoms with E-state index in [9.17, 15) is 9.18 Å². The minimum atomic E-state index is -0.261. The van der Waals surface area contributed by atoms with Gasteiger partial charge in [-0.2, -0.15) is 0 Å². The quantitative estimate of drug-likeness (QED) is 0.827. The average molecular weight is 344 g/mol. The first kappa shape index (κ1) is 16.8. The van der Waals surface area contributed by atoms with Crippen LogP contribution in [-0.2, 0) is 0 Å². The lowest BCUT2D eigenvalue weighted by atomic mass is 10.0. The summed E-state index contributed by atoms with van der Waals surface area (Å²) in [6.45, 7) is 4.97. The number of anilines is 1. The number of amides is 2. The Labute approximate surface area is 146 Å². The van der Waals surface area contributed by atoms with Crippen molar-refractivity contribution in [3.05, 3.63) is 65.5 Å². The highest BCUT2D eigenvalue weighted by Crippen LogP contribution is 2.38. The highest BCUT2D eigenvalue weighted by atomic mass is 32.2. The fourth-order valence-corrected chi connectivity index (χ4v) is 3.98. The van der Waals surface area contributed by atoms with Crippen LogP contribution in [0.1, 0.15) is 36.3 Å². The molecule has 0 spiro atoms. The fourth-order valence-electron chi connectivity index (χ4n) is 2.73. The van der Waals surface area contributed by atoms with Crippen LogP contribution in [0.15, 0.2) is 48.5 Å². The van der Waals surface area contributed by atoms with Crippen molar-refractivity contribution in [2.75, 3.05) is 17.6 Å². The third kappa shape index (κ3) is 3.73. The summed E-state index contributed by atoms with van der Waals surface area (Å²) in [6.07, 6.45) is 0. The van der Waals surface area contributed by atoms with Crippen LogP contribution in [0.4, 0.5) is 14.9 Å². The van der Waals surface area contributed by atoms with Gasteiger partial charge in [0, 0.05) is 18.0 Å². The van der Waals surface area contributed by atoms with Crippen LogP contribution >= 0.6 is 11.8 Å². The number of rotatable bonds is 3. The molecule has 1 aliphatic heterocycles. The van der Waals surface area contributed by atoms with Crippen LogP contribution < -0.4 is 5.32 Å². The van der Waals surface area contributed by atoms with Crippen molar-refractivity contribution in [3.63, 3.8) is 0 Å². The molecule has 0 saturated carbocycles. The smallest absolute Gasteiger partial charge is 0.308 e. The van der Waals surface area contributed by atoms with Gasteiger partial charge in [-0.15, -0.1) is 11.8 Å². The molecule has 0 aromatic heterocycles. The van der Waals surface area contributed by atoms with Gasteiger partial charge in [0.25, 0.3) is 0 Å². The molecule has 1 unspecified atom stereocenters. The summed E-state index contributed by atoms with van der Waals surface area (Å²) >= 11 is 1.70. The largest absolute Gasteiger partial charge is 0.323 e. The number of nitrogens with one attached hydrogen (secondary N) is 1. The second-order valence-corrected chi connectivity index (χ2v) is 7.36. The van der Waals surface area contributed by atoms with E-state index in [1.54, 1.807) is 28.8 Å². The zero-order valence-electron chi connectivity index (χ0n) is 13.8. The molecule has 1 aliphatic rings. The topological polar surface area (TPSA) is 32.3 Å². The maximum atomic E-state index is 13.1. The van der Waals surface area contributed by atoms with Crippen LogP contribution in [0.3, 0.4) is 0 Å². The van der Waals surface area contributed by atoms with Gasteiger partial charge in [0.2, 0.25) is 0 Å². The fraction of sp³-hybridized carbons (Fsp3) is 0.316. The van der Waals surface area contributed by atoms with E-state index in [0.717, 1.165) is 17.0 Å². The molecule has 0 radical (unpaired) electrons. The van der Waals surface area contributed by atoms with Crippen molar-refractivity contribution in [2.45, 2.75) is 25.1 Å². The molecule has 2 amide bonds. The summed E-state index contributed by atoms with van der Waals surface area (Å²) in [4.78, 5) is 14.4. The predicted molar refractivity (Wildman–Crippen MR) is 97.9 cm³/mol. The van der Waals surface area contributed by atoms with Crippen molar-refractivity contribution in [1.82, 2.24) is 4.90 Å². The molecule has 24 heavy (non-hydrogen) atoms. The van der Waals surface area contributed by atoms with Gasteiger partial charge in [0.15, 0.2) is 0 Å². The molecule has 1 fully saturated rings. The van der Waals surface area contributed by atoms with Gasteiger partial charge in [-0.05, 0) is 41.3 Å². The third-order valence-corrected chi connectivity index (χ3v) is 5.40. The van der Waals surface area contributed by atoms with Gasteiger partial charge < -0.3 is 10.2 Å². The minimum absolute atomic E-state index is 0.0689. The van der Waals surface area contributed by atoms with Crippen molar-refractivity contribution in [3.8, 4) is 0 Å². The van der Waals surface area contributed by atoms with Gasteiger partial charge in [-0.25, -0.2) is 9.18 Å². The Hall–Kier alpha value is -2.01. The molecule has 3 rings (SSSR count). The summed E-state index contributed by atoms with van der Waals surface area (Å²) in [5, 5.41) is 2.89. The standard InChI is InChI=1S/C19H21FN2OS/c1-13(2)14-5-9-17(10-6-14)21-19(23)22-11-12-24-18(22)15-3-7-16(20)8-4-15/h3-10,13,18H,11-12H2,1-2H3,(H,21,23). The second kappa shape index (κ2) is 7.26. The van der Waals surface area contributed by atoms with Gasteiger partial charge in [0.05, 0.1) is 0 Å². The molecule has 2 aromatic carbocycles. The number of nitrogens with zero attached hydrogens (tertiary/aromatic N) is 1. The molecule has 126 valence electrons. The monoisotopic (exact) mass is 344 g/mol. The molecule has 1 heterocycles. The number of thioether (sulfide) groups is 1. The number of halogens is 1. The zero-order valence-corrected chi connectivity index (χ0v) is 14.6. The molecule has 1 N–H and O–H groups in total. The molecular formula is C19H21FN2OS. The number of benzene rings is 2. The Kier molecular flexibility index (Phi) is 5.09. The first-order valence-corrected chi connectivity index (χ1v) is 9.14. The molecule has 0 bridgehead atoms. The highest BCUT2D eigenvalue weighted by Gasteiger charge is 2.30. The molecule has 2 aromatic rings. The molecule has 0 aliphatic carbocycles. The Balaban J connectivity index is 1.70. The molecule has 1 saturated heterocycles. The lowest BCUT2D eigenvalue weighted by molar-refractivity contribution is 0.214. The van der Waals surface area contributed by atoms with Crippen LogP contribution in [0.25, 0.3) is 0 Å². The Morgan fingerprint density at radius 3 is 2.46 bits per heavy atom. The van der Waals surface area contributed by atoms with E-state index in [0.29, 0.717) is 12.5 Å². The average Bonchev–Trinajstić information content (AvgIpc) is 3.06. The van der Waals surface area contributed by atoms with Crippen LogP contribution in [-0.4, -0.2) is 23.2 Å². The van der Waals surface area contributed by atoms with Gasteiger partial charge in [-0.3, -0.25) is 0 Å². The van der Waals surface area contributed by atoms with E-state index in [1.165, 1.54) is 17.7 Å². The SMILES string of the molecule is CC(C)c1ccc(NC(=O)N2CCSC2c2ccc(F)cc2)cc1. The van der Waals surface area contributed by atoms with Crippen molar-refractivity contribution in [1.29, 1.82) is 0 Å². The lowest BCUT2D eigenvalue weighted by Crippen LogP contribution is -2.34. The van der Waals surface area contributed by atoms with Crippen LogP contribution in [0, 0.1) is 5.82 Å². The number of hydrogen-bond donors (Lipinski definition) is 1. The number of carbonyl (C=O) groups is 1. The Bertz CT molecular complexity index is 700. The molecule has 5 heteroatoms. The van der Waals surface area contributed by atoms with Crippen LogP contribution in [0.5, 0.6) is 0 Å². The first-order valence-electron chi connectivity index (χ1n) is 8.09. The minimum Gasteiger partial charge on any atom is -0.308 e. The molecular weight excluding hydrogens is 323 g/mol. The van der Waals surface area contributed by atoms with E-state index in [4.69, 9.17) is 0 Å². The second-order valence-electron chi connectivity index (χ2n) is 6.17. The predicted octanol–water partition coefficient (Wildman–Crippen LogP) is 5.23. The Morgan fingerprint density at radius 1 is 1.17 bits per heavy atom. The van der Waals surface area contributed by atoms with Gasteiger partial charge >= 0.3 is 6.03 Å². The number of urea groups is 1. The van der Waals surface area contributed by atoms with Gasteiger partial charge in [-0.1, -0.05) is 38.1 Å². The van der Waals surface area contributed by atoms with Gasteiger partial charge in [0.1, 0.15) is 11.2 Å². The molecule has 3 nitrogen and oxygen atoms in total. The van der Waals surface area contributed by atoms with E-state index in [2.05, 4.69) is 19.2 Å². The number of hydrogen-bond acceptors (Lipinski definition) is 2. The summed E-state index contributed by atoms with van der Waals surface area (Å²) in [5.41, 5.74) is 2.98. The van der Waals surface area contributed by atoms with E-state index >= 15 is 0 Å². The summed E-state index contributed by atoms with van der Waals surface area (Å²) < 4.78 is 13.1. The third-order valence-electron chi connectivity index (χ3n) is 4.14. The highest BCUT2D eigenvalue weighted by molar-refractivity contribution is 7.99.